The molecule has 0 spiro atoms. The monoisotopic (exact) mass is 377 g/mol. The fourth-order valence-corrected chi connectivity index (χ4v) is 4.32. The predicted molar refractivity (Wildman–Crippen MR) is 91.6 cm³/mol. The number of benzene rings is 1. The highest BCUT2D eigenvalue weighted by atomic mass is 35.5. The van der Waals surface area contributed by atoms with E-state index in [1.165, 1.54) is 4.31 Å². The third-order valence-electron chi connectivity index (χ3n) is 3.73. The molecule has 0 heterocycles. The molecule has 0 aromatic heterocycles. The minimum absolute atomic E-state index is 0.214. The van der Waals surface area contributed by atoms with Gasteiger partial charge < -0.3 is 4.74 Å². The number of nitrogens with zero attached hydrogens (tertiary/aromatic N) is 1. The van der Waals surface area contributed by atoms with Crippen LogP contribution in [-0.2, 0) is 20.4 Å². The summed E-state index contributed by atoms with van der Waals surface area (Å²) < 4.78 is 29.8. The molecule has 0 fully saturated rings. The van der Waals surface area contributed by atoms with Crippen molar-refractivity contribution in [3.63, 3.8) is 0 Å². The van der Waals surface area contributed by atoms with E-state index < -0.39 is 10.9 Å². The largest absolute Gasteiger partial charge is 0.468 e. The molecular formula is C15H17Cl2NO4S. The van der Waals surface area contributed by atoms with Crippen LogP contribution in [-0.4, -0.2) is 27.5 Å². The average molecular weight is 378 g/mol. The molecule has 1 aliphatic carbocycles. The van der Waals surface area contributed by atoms with Gasteiger partial charge in [-0.3, -0.25) is 9.10 Å². The first-order valence-corrected chi connectivity index (χ1v) is 9.06. The summed E-state index contributed by atoms with van der Waals surface area (Å²) in [6.45, 7) is 0.598. The molecule has 0 bridgehead atoms. The van der Waals surface area contributed by atoms with Crippen molar-refractivity contribution in [3.8, 4) is 0 Å². The predicted octanol–water partition coefficient (Wildman–Crippen LogP) is 3.37. The van der Waals surface area contributed by atoms with E-state index in [1.807, 2.05) is 6.08 Å². The molecule has 1 aromatic carbocycles. The van der Waals surface area contributed by atoms with Gasteiger partial charge in [-0.15, -0.1) is 0 Å². The van der Waals surface area contributed by atoms with E-state index in [0.29, 0.717) is 25.0 Å². The van der Waals surface area contributed by atoms with Crippen molar-refractivity contribution in [2.75, 3.05) is 10.9 Å². The Labute approximate surface area is 146 Å². The van der Waals surface area contributed by atoms with Crippen molar-refractivity contribution in [3.05, 3.63) is 39.9 Å². The van der Waals surface area contributed by atoms with E-state index in [4.69, 9.17) is 27.9 Å². The van der Waals surface area contributed by atoms with Gasteiger partial charge in [-0.2, -0.15) is 0 Å². The standard InChI is InChI=1S/C15H17Cl2NO4S/c16-12-5-3-6-13(17)15(12)18(23(20)21)14-7-2-1-4-11(14)8-9-22-10-19/h3-6,10,14,23H,1-2,7-9H2. The third-order valence-corrected chi connectivity index (χ3v) is 5.17. The molecule has 8 heteroatoms. The summed E-state index contributed by atoms with van der Waals surface area (Å²) in [5.74, 6) is 0. The highest BCUT2D eigenvalue weighted by Crippen LogP contribution is 2.38. The van der Waals surface area contributed by atoms with Crippen LogP contribution in [0.3, 0.4) is 0 Å². The Morgan fingerprint density at radius 1 is 1.30 bits per heavy atom. The van der Waals surface area contributed by atoms with Crippen LogP contribution in [0.1, 0.15) is 25.7 Å². The Kier molecular flexibility index (Phi) is 6.74. The van der Waals surface area contributed by atoms with E-state index in [9.17, 15) is 13.2 Å². The maximum absolute atomic E-state index is 11.9. The first-order valence-electron chi connectivity index (χ1n) is 7.18. The second-order valence-electron chi connectivity index (χ2n) is 5.10. The summed E-state index contributed by atoms with van der Waals surface area (Å²) in [5.41, 5.74) is 1.20. The Morgan fingerprint density at radius 3 is 2.61 bits per heavy atom. The van der Waals surface area contributed by atoms with E-state index in [1.54, 1.807) is 18.2 Å². The summed E-state index contributed by atoms with van der Waals surface area (Å²) in [6, 6.07) is 4.52. The van der Waals surface area contributed by atoms with E-state index >= 15 is 0 Å². The zero-order valence-corrected chi connectivity index (χ0v) is 14.7. The Bertz CT molecular complexity index is 647. The zero-order valence-electron chi connectivity index (χ0n) is 12.3. The van der Waals surface area contributed by atoms with Crippen LogP contribution in [0.4, 0.5) is 5.69 Å². The Balaban J connectivity index is 2.38. The molecule has 126 valence electrons. The second-order valence-corrected chi connectivity index (χ2v) is 6.82. The molecule has 0 aliphatic heterocycles. The minimum Gasteiger partial charge on any atom is -0.468 e. The van der Waals surface area contributed by atoms with Crippen LogP contribution in [0.15, 0.2) is 29.8 Å². The number of anilines is 1. The molecule has 0 saturated heterocycles. The van der Waals surface area contributed by atoms with Crippen LogP contribution in [0.25, 0.3) is 0 Å². The maximum atomic E-state index is 11.9. The molecule has 2 rings (SSSR count). The van der Waals surface area contributed by atoms with Crippen molar-refractivity contribution in [2.45, 2.75) is 31.7 Å². The third kappa shape index (κ3) is 4.40. The number of halogens is 2. The van der Waals surface area contributed by atoms with Gasteiger partial charge in [0.2, 0.25) is 10.9 Å². The molecular weight excluding hydrogens is 361 g/mol. The zero-order chi connectivity index (χ0) is 16.8. The van der Waals surface area contributed by atoms with Gasteiger partial charge in [-0.05, 0) is 37.0 Å². The molecule has 1 unspecified atom stereocenters. The van der Waals surface area contributed by atoms with Crippen molar-refractivity contribution >= 4 is 46.3 Å². The molecule has 5 nitrogen and oxygen atoms in total. The highest BCUT2D eigenvalue weighted by molar-refractivity contribution is 7.74. The van der Waals surface area contributed by atoms with Crippen molar-refractivity contribution in [1.29, 1.82) is 0 Å². The summed E-state index contributed by atoms with van der Waals surface area (Å²) in [7, 11) is -2.93. The van der Waals surface area contributed by atoms with Gasteiger partial charge in [0.1, 0.15) is 0 Å². The molecule has 0 N–H and O–H groups in total. The first kappa shape index (κ1) is 18.1. The van der Waals surface area contributed by atoms with Gasteiger partial charge >= 0.3 is 0 Å². The number of ether oxygens (including phenoxy) is 1. The van der Waals surface area contributed by atoms with Gasteiger partial charge in [-0.1, -0.05) is 35.3 Å². The average Bonchev–Trinajstić information content (AvgIpc) is 2.52. The van der Waals surface area contributed by atoms with E-state index in [0.717, 1.165) is 18.4 Å². The number of allylic oxidation sites excluding steroid dienone is 1. The Hall–Kier alpha value is -1.24. The molecule has 23 heavy (non-hydrogen) atoms. The Morgan fingerprint density at radius 2 is 2.00 bits per heavy atom. The SMILES string of the molecule is O=COCCC1=CCCCC1N(c1c(Cl)cccc1Cl)[SH](=O)=O. The van der Waals surface area contributed by atoms with Gasteiger partial charge in [-0.25, -0.2) is 8.42 Å². The van der Waals surface area contributed by atoms with Crippen LogP contribution >= 0.6 is 23.2 Å². The quantitative estimate of drug-likeness (QED) is 0.342. The lowest BCUT2D eigenvalue weighted by Crippen LogP contribution is -2.37. The fourth-order valence-electron chi connectivity index (χ4n) is 2.75. The first-order chi connectivity index (χ1) is 11.1. The number of hydrogen-bond donors (Lipinski definition) is 1. The lowest BCUT2D eigenvalue weighted by Gasteiger charge is -2.33. The van der Waals surface area contributed by atoms with Crippen LogP contribution in [0.2, 0.25) is 10.0 Å². The van der Waals surface area contributed by atoms with E-state index in [-0.39, 0.29) is 22.7 Å². The number of hydrogen-bond acceptors (Lipinski definition) is 4. The van der Waals surface area contributed by atoms with Crippen molar-refractivity contribution < 1.29 is 17.9 Å². The molecule has 0 amide bonds. The lowest BCUT2D eigenvalue weighted by atomic mass is 9.91. The summed E-state index contributed by atoms with van der Waals surface area (Å²) in [4.78, 5) is 10.3. The molecule has 1 aromatic rings. The van der Waals surface area contributed by atoms with Gasteiger partial charge in [0.25, 0.3) is 6.47 Å². The number of carbonyl (C=O) groups is 1. The molecule has 1 aliphatic rings. The maximum Gasteiger partial charge on any atom is 0.293 e. The minimum atomic E-state index is -2.93. The topological polar surface area (TPSA) is 63.7 Å². The van der Waals surface area contributed by atoms with Crippen molar-refractivity contribution in [1.82, 2.24) is 0 Å². The van der Waals surface area contributed by atoms with Gasteiger partial charge in [0.15, 0.2) is 0 Å². The van der Waals surface area contributed by atoms with Gasteiger partial charge in [0.05, 0.1) is 28.4 Å². The summed E-state index contributed by atoms with van der Waals surface area (Å²) in [5, 5.41) is 0.566. The number of thiol groups is 1. The normalized spacial score (nSPS) is 17.7. The van der Waals surface area contributed by atoms with Crippen LogP contribution in [0.5, 0.6) is 0 Å². The van der Waals surface area contributed by atoms with Gasteiger partial charge in [0, 0.05) is 6.42 Å². The molecule has 1 atom stereocenters. The molecule has 0 radical (unpaired) electrons. The van der Waals surface area contributed by atoms with Crippen molar-refractivity contribution in [2.24, 2.45) is 0 Å². The number of para-hydroxylation sites is 1. The summed E-state index contributed by atoms with van der Waals surface area (Å²) >= 11 is 12.4. The second kappa shape index (κ2) is 8.57. The number of carbonyl (C=O) groups excluding carboxylic acids is 1. The molecule has 0 saturated carbocycles. The van der Waals surface area contributed by atoms with Crippen LogP contribution < -0.4 is 4.31 Å². The van der Waals surface area contributed by atoms with E-state index in [2.05, 4.69) is 0 Å². The fraction of sp³-hybridized carbons (Fsp3) is 0.400. The summed E-state index contributed by atoms with van der Waals surface area (Å²) in [6.07, 6.45) is 4.87. The lowest BCUT2D eigenvalue weighted by molar-refractivity contribution is -0.128. The number of rotatable bonds is 7. The van der Waals surface area contributed by atoms with Crippen LogP contribution in [0, 0.1) is 0 Å². The highest BCUT2D eigenvalue weighted by Gasteiger charge is 2.29. The smallest absolute Gasteiger partial charge is 0.293 e.